The Labute approximate surface area is 179 Å². The third kappa shape index (κ3) is 3.94. The number of phenolic OH excluding ortho intramolecular Hbond substituents is 1. The average Bonchev–Trinajstić information content (AvgIpc) is 3.04. The Balaban J connectivity index is 0.00000240. The van der Waals surface area contributed by atoms with E-state index in [9.17, 15) is 9.90 Å². The molecule has 3 N–H and O–H groups in total. The van der Waals surface area contributed by atoms with Crippen LogP contribution >= 0.6 is 0 Å². The predicted molar refractivity (Wildman–Crippen MR) is 111 cm³/mol. The van der Waals surface area contributed by atoms with Crippen molar-refractivity contribution in [2.45, 2.75) is 46.1 Å². The molecule has 2 heterocycles. The van der Waals surface area contributed by atoms with E-state index in [1.165, 1.54) is 27.3 Å². The number of aryl methyl sites for hydroxylation is 3. The van der Waals surface area contributed by atoms with Gasteiger partial charge in [0.05, 0.1) is 10.9 Å². The number of aromatic nitrogens is 2. The van der Waals surface area contributed by atoms with Gasteiger partial charge in [-0.05, 0) is 61.4 Å². The van der Waals surface area contributed by atoms with Crippen LogP contribution in [0.1, 0.15) is 36.8 Å². The molecular formula is C23H25BrN2O3. The first-order chi connectivity index (χ1) is 13.5. The van der Waals surface area contributed by atoms with Gasteiger partial charge in [-0.2, -0.15) is 0 Å². The van der Waals surface area contributed by atoms with Crippen LogP contribution in [0.15, 0.2) is 36.7 Å². The average molecular weight is 457 g/mol. The Bertz CT molecular complexity index is 1210. The number of fused-ring (bicyclic) bond motifs is 4. The summed E-state index contributed by atoms with van der Waals surface area (Å²) in [7, 11) is 0. The fourth-order valence-electron chi connectivity index (χ4n) is 4.17. The number of rotatable bonds is 6. The maximum absolute atomic E-state index is 10.6. The Hall–Kier alpha value is -2.60. The summed E-state index contributed by atoms with van der Waals surface area (Å²) in [4.78, 5) is 14.1. The number of nitrogens with one attached hydrogen (secondary N) is 1. The van der Waals surface area contributed by atoms with Crippen LogP contribution in [0.2, 0.25) is 0 Å². The first kappa shape index (κ1) is 21.1. The summed E-state index contributed by atoms with van der Waals surface area (Å²) in [6.45, 7) is 5.15. The summed E-state index contributed by atoms with van der Waals surface area (Å²) < 4.78 is 2.19. The number of H-pyrrole nitrogens is 1. The van der Waals surface area contributed by atoms with Crippen molar-refractivity contribution in [3.05, 3.63) is 47.8 Å². The number of carboxylic acids is 1. The predicted octanol–water partition coefficient (Wildman–Crippen LogP) is 1.73. The molecule has 4 aromatic rings. The Morgan fingerprint density at radius 1 is 1.03 bits per heavy atom. The van der Waals surface area contributed by atoms with E-state index in [4.69, 9.17) is 5.11 Å². The zero-order chi connectivity index (χ0) is 19.8. The van der Waals surface area contributed by atoms with Crippen LogP contribution in [0.4, 0.5) is 0 Å². The number of unbranched alkanes of at least 4 members (excludes halogenated alkanes) is 2. The van der Waals surface area contributed by atoms with Crippen LogP contribution in [-0.4, -0.2) is 21.2 Å². The lowest BCUT2D eigenvalue weighted by Crippen LogP contribution is -3.00. The third-order valence-electron chi connectivity index (χ3n) is 5.66. The largest absolute Gasteiger partial charge is 1.00 e. The van der Waals surface area contributed by atoms with E-state index in [0.29, 0.717) is 0 Å². The second kappa shape index (κ2) is 8.41. The summed E-state index contributed by atoms with van der Waals surface area (Å²) in [6.07, 6.45) is 7.15. The molecule has 0 amide bonds. The van der Waals surface area contributed by atoms with E-state index in [1.54, 1.807) is 6.07 Å². The summed E-state index contributed by atoms with van der Waals surface area (Å²) >= 11 is 0. The summed E-state index contributed by atoms with van der Waals surface area (Å²) in [5, 5.41) is 23.3. The maximum atomic E-state index is 10.6. The van der Waals surface area contributed by atoms with E-state index in [-0.39, 0.29) is 29.2 Å². The highest BCUT2D eigenvalue weighted by Crippen LogP contribution is 2.37. The van der Waals surface area contributed by atoms with Gasteiger partial charge >= 0.3 is 5.97 Å². The van der Waals surface area contributed by atoms with Crippen molar-refractivity contribution < 1.29 is 36.6 Å². The van der Waals surface area contributed by atoms with Crippen LogP contribution < -0.4 is 21.5 Å². The number of benzene rings is 2. The lowest BCUT2D eigenvalue weighted by Gasteiger charge is -2.08. The molecule has 6 heteroatoms. The molecule has 29 heavy (non-hydrogen) atoms. The van der Waals surface area contributed by atoms with Crippen LogP contribution in [-0.2, 0) is 11.3 Å². The van der Waals surface area contributed by atoms with Gasteiger partial charge in [-0.15, -0.1) is 0 Å². The number of carboxylic acid groups (broad SMARTS) is 1. The molecule has 4 rings (SSSR count). The van der Waals surface area contributed by atoms with Gasteiger partial charge in [0, 0.05) is 35.2 Å². The highest BCUT2D eigenvalue weighted by molar-refractivity contribution is 6.16. The van der Waals surface area contributed by atoms with E-state index in [2.05, 4.69) is 41.9 Å². The number of nitrogens with zero attached hydrogens (tertiary/aromatic N) is 1. The molecule has 0 spiro atoms. The number of hydrogen-bond acceptors (Lipinski definition) is 2. The van der Waals surface area contributed by atoms with Crippen molar-refractivity contribution in [3.63, 3.8) is 0 Å². The number of aromatic hydroxyl groups is 1. The van der Waals surface area contributed by atoms with Crippen LogP contribution in [0, 0.1) is 13.8 Å². The van der Waals surface area contributed by atoms with E-state index in [0.717, 1.165) is 42.2 Å². The number of phenols is 1. The summed E-state index contributed by atoms with van der Waals surface area (Å²) in [6, 6.07) is 7.62. The van der Waals surface area contributed by atoms with Gasteiger partial charge in [0.25, 0.3) is 0 Å². The topological polar surface area (TPSA) is 77.2 Å². The van der Waals surface area contributed by atoms with E-state index >= 15 is 0 Å². The number of aliphatic carboxylic acids is 1. The summed E-state index contributed by atoms with van der Waals surface area (Å²) in [5.41, 5.74) is 4.55. The lowest BCUT2D eigenvalue weighted by molar-refractivity contribution is -0.696. The molecule has 0 aliphatic carbocycles. The molecule has 152 valence electrons. The van der Waals surface area contributed by atoms with Gasteiger partial charge in [0.2, 0.25) is 0 Å². The van der Waals surface area contributed by atoms with E-state index < -0.39 is 5.97 Å². The van der Waals surface area contributed by atoms with Gasteiger partial charge in [0.15, 0.2) is 12.4 Å². The molecule has 0 radical (unpaired) electrons. The first-order valence-electron chi connectivity index (χ1n) is 9.74. The molecule has 0 saturated heterocycles. The molecular weight excluding hydrogens is 432 g/mol. The zero-order valence-electron chi connectivity index (χ0n) is 16.6. The Morgan fingerprint density at radius 3 is 2.59 bits per heavy atom. The maximum Gasteiger partial charge on any atom is 0.303 e. The van der Waals surface area contributed by atoms with Crippen LogP contribution in [0.25, 0.3) is 32.6 Å². The van der Waals surface area contributed by atoms with Crippen molar-refractivity contribution in [3.8, 4) is 5.75 Å². The molecule has 0 fully saturated rings. The monoisotopic (exact) mass is 456 g/mol. The molecule has 2 aromatic heterocycles. The minimum Gasteiger partial charge on any atom is -1.00 e. The molecule has 5 nitrogen and oxygen atoms in total. The third-order valence-corrected chi connectivity index (χ3v) is 5.66. The SMILES string of the molecule is Cc1c2c[n+](CCCCCC(=O)O)ccc2c(C)c2c1[nH]c1ccc(O)cc12.[Br-]. The normalized spacial score (nSPS) is 11.2. The molecule has 0 unspecified atom stereocenters. The minimum atomic E-state index is -0.722. The van der Waals surface area contributed by atoms with Gasteiger partial charge in [-0.25, -0.2) is 4.57 Å². The van der Waals surface area contributed by atoms with Gasteiger partial charge in [-0.3, -0.25) is 4.79 Å². The van der Waals surface area contributed by atoms with Crippen molar-refractivity contribution in [1.29, 1.82) is 0 Å². The van der Waals surface area contributed by atoms with Crippen LogP contribution in [0.3, 0.4) is 0 Å². The Kier molecular flexibility index (Phi) is 6.13. The molecule has 0 aliphatic rings. The Morgan fingerprint density at radius 2 is 1.83 bits per heavy atom. The van der Waals surface area contributed by atoms with Crippen molar-refractivity contribution in [2.24, 2.45) is 0 Å². The molecule has 2 aromatic carbocycles. The second-order valence-electron chi connectivity index (χ2n) is 7.57. The van der Waals surface area contributed by atoms with E-state index in [1.807, 2.05) is 12.1 Å². The highest BCUT2D eigenvalue weighted by atomic mass is 79.9. The fraction of sp³-hybridized carbons (Fsp3) is 0.304. The fourth-order valence-corrected chi connectivity index (χ4v) is 4.17. The minimum absolute atomic E-state index is 0. The quantitative estimate of drug-likeness (QED) is 0.305. The standard InChI is InChI=1S/C23H24N2O3.BrH/c1-14-17-9-11-25(10-5-3-4-6-21(27)28)13-19(17)15(2)23-22(14)18-12-16(26)7-8-20(18)24-23;/h7-9,11-13H,3-6,10H2,1-2H3,(H2,26,27,28);1H. The molecule has 0 aliphatic heterocycles. The number of aromatic amines is 1. The molecule has 0 saturated carbocycles. The second-order valence-corrected chi connectivity index (χ2v) is 7.57. The van der Waals surface area contributed by atoms with Gasteiger partial charge in [-0.1, -0.05) is 0 Å². The number of carbonyl (C=O) groups is 1. The number of halogens is 1. The van der Waals surface area contributed by atoms with Gasteiger partial charge < -0.3 is 32.2 Å². The zero-order valence-corrected chi connectivity index (χ0v) is 18.2. The number of hydrogen-bond donors (Lipinski definition) is 3. The van der Waals surface area contributed by atoms with Crippen molar-refractivity contribution in [2.75, 3.05) is 0 Å². The summed E-state index contributed by atoms with van der Waals surface area (Å²) in [5.74, 6) is -0.445. The number of pyridine rings is 1. The molecule has 0 bridgehead atoms. The molecule has 0 atom stereocenters. The smallest absolute Gasteiger partial charge is 0.303 e. The lowest BCUT2D eigenvalue weighted by atomic mass is 9.97. The highest BCUT2D eigenvalue weighted by Gasteiger charge is 2.16. The van der Waals surface area contributed by atoms with Crippen molar-refractivity contribution >= 4 is 38.5 Å². The van der Waals surface area contributed by atoms with Crippen molar-refractivity contribution in [1.82, 2.24) is 4.98 Å². The first-order valence-corrected chi connectivity index (χ1v) is 9.74. The van der Waals surface area contributed by atoms with Crippen LogP contribution in [0.5, 0.6) is 5.75 Å². The van der Waals surface area contributed by atoms with Gasteiger partial charge in [0.1, 0.15) is 12.3 Å².